The summed E-state index contributed by atoms with van der Waals surface area (Å²) in [7, 11) is 0. The summed E-state index contributed by atoms with van der Waals surface area (Å²) >= 11 is 0. The summed E-state index contributed by atoms with van der Waals surface area (Å²) < 4.78 is 5.23. The molecular formula is C94H72N4. The van der Waals surface area contributed by atoms with Crippen LogP contribution in [0, 0.1) is 5.92 Å². The van der Waals surface area contributed by atoms with Gasteiger partial charge < -0.3 is 18.9 Å². The molecule has 4 nitrogen and oxygen atoms in total. The first-order valence-corrected chi connectivity index (χ1v) is 34.3. The molecule has 0 radical (unpaired) electrons. The van der Waals surface area contributed by atoms with Crippen molar-refractivity contribution < 1.29 is 0 Å². The predicted molar refractivity (Wildman–Crippen MR) is 416 cm³/mol. The fourth-order valence-corrected chi connectivity index (χ4v) is 16.6. The van der Waals surface area contributed by atoms with Gasteiger partial charge in [-0.3, -0.25) is 0 Å². The highest BCUT2D eigenvalue weighted by Crippen LogP contribution is 2.56. The Labute approximate surface area is 573 Å². The minimum Gasteiger partial charge on any atom is -0.333 e. The zero-order valence-corrected chi connectivity index (χ0v) is 55.5. The maximum atomic E-state index is 4.15. The lowest BCUT2D eigenvalue weighted by atomic mass is 9.66. The highest BCUT2D eigenvalue weighted by molar-refractivity contribution is 6.16. The normalized spacial score (nSPS) is 15.3. The van der Waals surface area contributed by atoms with Gasteiger partial charge in [0.15, 0.2) is 0 Å². The Bertz CT molecular complexity index is 5650. The van der Waals surface area contributed by atoms with Crippen molar-refractivity contribution in [1.82, 2.24) is 9.13 Å². The van der Waals surface area contributed by atoms with Crippen LogP contribution in [-0.4, -0.2) is 9.13 Å². The Morgan fingerprint density at radius 2 is 0.735 bits per heavy atom. The van der Waals surface area contributed by atoms with E-state index < -0.39 is 0 Å². The van der Waals surface area contributed by atoms with Gasteiger partial charge in [-0.15, -0.1) is 0 Å². The van der Waals surface area contributed by atoms with Gasteiger partial charge in [-0.25, -0.2) is 0 Å². The molecule has 3 aliphatic rings. The quantitative estimate of drug-likeness (QED) is 0.114. The smallest absolute Gasteiger partial charge is 0.0596 e. The van der Waals surface area contributed by atoms with Crippen LogP contribution < -0.4 is 9.80 Å². The minimum absolute atomic E-state index is 0.130. The maximum Gasteiger partial charge on any atom is 0.0596 e. The molecule has 0 N–H and O–H groups in total. The van der Waals surface area contributed by atoms with Crippen LogP contribution in [0.25, 0.3) is 117 Å². The second-order valence-corrected chi connectivity index (χ2v) is 27.9. The standard InChI is InChI=1S/C94H72N4/c1-7-61-37-41-73(42-38-61)95(77-51-67(63-25-13-9-14-26-63)49-68(52-77)64-27-15-10-16-28-64)75-45-47-87-79(59-75)81-55-71(57-85-91(81)97(87)89-35-23-21-33-83(89)93(85,3)4)72-56-82-80-60-76(46-48-88(80)98-90-36-24-22-34-84(90)94(5,6)86(58-72)92(82)98)96(74-43-39-62(8-2)40-44-74)78-53-69(65-29-17-11-18-30-65)50-70(54-78)66-31-19-12-20-32-66/h7-60,83,89H,1-2H2,3-6H3. The van der Waals surface area contributed by atoms with Gasteiger partial charge in [0.1, 0.15) is 0 Å². The van der Waals surface area contributed by atoms with Crippen LogP contribution in [0.1, 0.15) is 61.6 Å². The molecular weight excluding hydrogens is 1190 g/mol. The number of aromatic nitrogens is 2. The molecule has 0 bridgehead atoms. The molecule has 4 heteroatoms. The van der Waals surface area contributed by atoms with Crippen molar-refractivity contribution in [2.24, 2.45) is 5.92 Å². The molecule has 2 unspecified atom stereocenters. The van der Waals surface area contributed by atoms with Gasteiger partial charge >= 0.3 is 0 Å². The van der Waals surface area contributed by atoms with Crippen molar-refractivity contribution >= 4 is 89.9 Å². The van der Waals surface area contributed by atoms with E-state index in [1.54, 1.807) is 0 Å². The van der Waals surface area contributed by atoms with Gasteiger partial charge in [0, 0.05) is 77.9 Å². The maximum absolute atomic E-state index is 4.15. The van der Waals surface area contributed by atoms with Gasteiger partial charge in [-0.05, 0) is 211 Å². The van der Waals surface area contributed by atoms with Crippen molar-refractivity contribution in [3.8, 4) is 61.3 Å². The van der Waals surface area contributed by atoms with E-state index in [1.165, 1.54) is 99.4 Å². The fraction of sp³-hybridized carbons (Fsp3) is 0.0851. The minimum atomic E-state index is -0.344. The molecule has 0 saturated carbocycles. The lowest BCUT2D eigenvalue weighted by Crippen LogP contribution is -2.38. The molecule has 468 valence electrons. The zero-order valence-electron chi connectivity index (χ0n) is 55.5. The summed E-state index contributed by atoms with van der Waals surface area (Å²) in [6.45, 7) is 18.1. The number of hydrogen-bond donors (Lipinski definition) is 0. The SMILES string of the molecule is C=Cc1ccc(N(c2cc(-c3ccccc3)cc(-c3ccccc3)c2)c2ccc3c(c2)c2cc(-c4cc5c6c(c4)c4cc(N(c7ccc(C=C)cc7)c7cc(-c8ccccc8)cc(-c8ccccc8)c7)ccc4n6C4C=CC=CC4C5(C)C)cc4c2n3-c2ccccc2C4(C)C)cc1. The molecule has 4 heterocycles. The van der Waals surface area contributed by atoms with Crippen LogP contribution >= 0.6 is 0 Å². The molecule has 15 aromatic rings. The fourth-order valence-electron chi connectivity index (χ4n) is 16.6. The molecule has 98 heavy (non-hydrogen) atoms. The van der Waals surface area contributed by atoms with E-state index in [1.807, 2.05) is 12.2 Å². The Hall–Kier alpha value is -12.0. The average molecular weight is 1260 g/mol. The number of fused-ring (bicyclic) bond motifs is 10. The number of anilines is 6. The van der Waals surface area contributed by atoms with Crippen molar-refractivity contribution in [2.75, 3.05) is 9.80 Å². The van der Waals surface area contributed by atoms with Crippen molar-refractivity contribution in [3.05, 3.63) is 356 Å². The van der Waals surface area contributed by atoms with Crippen molar-refractivity contribution in [2.45, 2.75) is 44.6 Å². The molecule has 0 fully saturated rings. The van der Waals surface area contributed by atoms with Crippen LogP contribution in [0.15, 0.2) is 329 Å². The van der Waals surface area contributed by atoms with Gasteiger partial charge in [0.2, 0.25) is 0 Å². The van der Waals surface area contributed by atoms with Crippen molar-refractivity contribution in [1.29, 1.82) is 0 Å². The van der Waals surface area contributed by atoms with E-state index in [9.17, 15) is 0 Å². The van der Waals surface area contributed by atoms with Crippen LogP contribution in [0.2, 0.25) is 0 Å². The predicted octanol–water partition coefficient (Wildman–Crippen LogP) is 25.7. The lowest BCUT2D eigenvalue weighted by molar-refractivity contribution is 0.294. The van der Waals surface area contributed by atoms with E-state index in [-0.39, 0.29) is 22.8 Å². The van der Waals surface area contributed by atoms with E-state index in [0.29, 0.717) is 0 Å². The summed E-state index contributed by atoms with van der Waals surface area (Å²) in [5, 5.41) is 4.90. The zero-order chi connectivity index (χ0) is 66.0. The van der Waals surface area contributed by atoms with E-state index in [0.717, 1.165) is 67.5 Å². The third-order valence-corrected chi connectivity index (χ3v) is 21.6. The van der Waals surface area contributed by atoms with E-state index >= 15 is 0 Å². The third kappa shape index (κ3) is 9.41. The molecule has 1 aliphatic carbocycles. The Morgan fingerprint density at radius 1 is 0.327 bits per heavy atom. The Morgan fingerprint density at radius 3 is 1.22 bits per heavy atom. The topological polar surface area (TPSA) is 16.3 Å². The first-order chi connectivity index (χ1) is 48.0. The van der Waals surface area contributed by atoms with E-state index in [4.69, 9.17) is 0 Å². The van der Waals surface area contributed by atoms with Crippen LogP contribution in [-0.2, 0) is 10.8 Å². The molecule has 0 spiro atoms. The largest absolute Gasteiger partial charge is 0.333 e. The van der Waals surface area contributed by atoms with Gasteiger partial charge in [-0.1, -0.05) is 241 Å². The Balaban J connectivity index is 0.883. The molecule has 2 aliphatic heterocycles. The summed E-state index contributed by atoms with van der Waals surface area (Å²) in [4.78, 5) is 4.90. The molecule has 0 saturated heterocycles. The number of benzene rings is 13. The van der Waals surface area contributed by atoms with E-state index in [2.05, 4.69) is 375 Å². The number of hydrogen-bond acceptors (Lipinski definition) is 2. The average Bonchev–Trinajstić information content (AvgIpc) is 1.51. The molecule has 13 aromatic carbocycles. The monoisotopic (exact) mass is 1260 g/mol. The summed E-state index contributed by atoms with van der Waals surface area (Å²) in [6.07, 6.45) is 13.3. The lowest BCUT2D eigenvalue weighted by Gasteiger charge is -2.44. The number of rotatable bonds is 13. The van der Waals surface area contributed by atoms with Crippen LogP contribution in [0.4, 0.5) is 34.1 Å². The van der Waals surface area contributed by atoms with Crippen LogP contribution in [0.3, 0.4) is 0 Å². The van der Waals surface area contributed by atoms with Crippen LogP contribution in [0.5, 0.6) is 0 Å². The number of allylic oxidation sites excluding steroid dienone is 4. The molecule has 18 rings (SSSR count). The van der Waals surface area contributed by atoms with Crippen molar-refractivity contribution in [3.63, 3.8) is 0 Å². The van der Waals surface area contributed by atoms with Gasteiger partial charge in [0.05, 0.1) is 28.3 Å². The molecule has 0 amide bonds. The summed E-state index contributed by atoms with van der Waals surface area (Å²) in [5.74, 6) is 0.217. The Kier molecular flexibility index (Phi) is 13.7. The summed E-state index contributed by atoms with van der Waals surface area (Å²) in [6, 6.07) is 109. The summed E-state index contributed by atoms with van der Waals surface area (Å²) in [5.41, 5.74) is 29.8. The highest BCUT2D eigenvalue weighted by Gasteiger charge is 2.44. The molecule has 2 aromatic heterocycles. The number of para-hydroxylation sites is 1. The first-order valence-electron chi connectivity index (χ1n) is 34.3. The molecule has 2 atom stereocenters. The second-order valence-electron chi connectivity index (χ2n) is 27.9. The van der Waals surface area contributed by atoms with Gasteiger partial charge in [-0.2, -0.15) is 0 Å². The first kappa shape index (κ1) is 58.6. The number of nitrogens with zero attached hydrogens (tertiary/aromatic N) is 4. The van der Waals surface area contributed by atoms with Gasteiger partial charge in [0.25, 0.3) is 0 Å². The highest BCUT2D eigenvalue weighted by atomic mass is 15.2. The third-order valence-electron chi connectivity index (χ3n) is 21.6. The second kappa shape index (κ2) is 22.9.